The molecule has 0 N–H and O–H groups in total. The molecule has 0 saturated carbocycles. The maximum atomic E-state index is 6.55. The molecule has 9 aromatic rings. The fraction of sp³-hybridized carbons (Fsp3) is 0.0667. The van der Waals surface area contributed by atoms with Gasteiger partial charge in [0.1, 0.15) is 12.4 Å². The molecule has 0 fully saturated rings. The van der Waals surface area contributed by atoms with Crippen LogP contribution in [0.15, 0.2) is 231 Å². The van der Waals surface area contributed by atoms with Crippen LogP contribution >= 0.6 is 0 Å². The molecule has 3 heterocycles. The lowest BCUT2D eigenvalue weighted by molar-refractivity contribution is 0.355. The van der Waals surface area contributed by atoms with Crippen LogP contribution < -0.4 is 9.64 Å². The van der Waals surface area contributed by atoms with Gasteiger partial charge >= 0.3 is 0 Å². The molecule has 0 radical (unpaired) electrons. The fourth-order valence-electron chi connectivity index (χ4n) is 11.4. The van der Waals surface area contributed by atoms with Crippen molar-refractivity contribution in [2.24, 2.45) is 0 Å². The first-order valence-electron chi connectivity index (χ1n) is 22.0. The average Bonchev–Trinajstić information content (AvgIpc) is 3.95. The minimum Gasteiger partial charge on any atom is -0.489 e. The van der Waals surface area contributed by atoms with E-state index < -0.39 is 5.41 Å². The summed E-state index contributed by atoms with van der Waals surface area (Å²) in [5.74, 6) is 1.15. The van der Waals surface area contributed by atoms with E-state index in [0.717, 1.165) is 28.1 Å². The van der Waals surface area contributed by atoms with Crippen LogP contribution in [0.2, 0.25) is 0 Å². The van der Waals surface area contributed by atoms with Crippen molar-refractivity contribution in [2.45, 2.75) is 17.4 Å². The van der Waals surface area contributed by atoms with Gasteiger partial charge < -0.3 is 14.2 Å². The molecule has 13 rings (SSSR count). The van der Waals surface area contributed by atoms with Gasteiger partial charge in [-0.3, -0.25) is 0 Å². The molecule has 0 bridgehead atoms. The lowest BCUT2D eigenvalue weighted by atomic mass is 9.67. The maximum absolute atomic E-state index is 6.55. The number of aromatic nitrogens is 1. The highest BCUT2D eigenvalue weighted by molar-refractivity contribution is 6.14. The van der Waals surface area contributed by atoms with Gasteiger partial charge in [-0.2, -0.15) is 0 Å². The molecule has 3 nitrogen and oxygen atoms in total. The summed E-state index contributed by atoms with van der Waals surface area (Å²) >= 11 is 0. The molecule has 3 unspecified atom stereocenters. The van der Waals surface area contributed by atoms with Crippen LogP contribution in [0.4, 0.5) is 11.4 Å². The molecule has 2 aliphatic carbocycles. The molecular formula is C60H42N2O. The zero-order chi connectivity index (χ0) is 41.6. The zero-order valence-corrected chi connectivity index (χ0v) is 34.7. The highest BCUT2D eigenvalue weighted by Gasteiger charge is 2.48. The van der Waals surface area contributed by atoms with E-state index in [4.69, 9.17) is 11.3 Å². The molecule has 1 aromatic heterocycles. The maximum Gasteiger partial charge on any atom is 0.124 e. The molecule has 298 valence electrons. The van der Waals surface area contributed by atoms with Gasteiger partial charge in [0.05, 0.1) is 28.2 Å². The monoisotopic (exact) mass is 806 g/mol. The van der Waals surface area contributed by atoms with Crippen molar-refractivity contribution in [3.63, 3.8) is 0 Å². The average molecular weight is 807 g/mol. The number of rotatable bonds is 3. The van der Waals surface area contributed by atoms with Crippen LogP contribution in [0.5, 0.6) is 5.75 Å². The summed E-state index contributed by atoms with van der Waals surface area (Å²) in [5.41, 5.74) is 16.1. The Hall–Kier alpha value is -7.88. The molecule has 0 amide bonds. The van der Waals surface area contributed by atoms with E-state index in [1.165, 1.54) is 77.4 Å². The number of benzene rings is 8. The van der Waals surface area contributed by atoms with Gasteiger partial charge in [-0.1, -0.05) is 164 Å². The Bertz CT molecular complexity index is 3510. The smallest absolute Gasteiger partial charge is 0.124 e. The van der Waals surface area contributed by atoms with Crippen LogP contribution in [0.1, 0.15) is 28.2 Å². The third-order valence-corrected chi connectivity index (χ3v) is 14.0. The summed E-state index contributed by atoms with van der Waals surface area (Å²) in [4.78, 5) is 2.50. The predicted octanol–water partition coefficient (Wildman–Crippen LogP) is 14.7. The Kier molecular flexibility index (Phi) is 7.86. The van der Waals surface area contributed by atoms with Crippen molar-refractivity contribution in [3.8, 4) is 33.7 Å². The molecule has 3 atom stereocenters. The topological polar surface area (TPSA) is 17.4 Å². The van der Waals surface area contributed by atoms with E-state index in [-0.39, 0.29) is 12.0 Å². The Balaban J connectivity index is 1.04. The van der Waals surface area contributed by atoms with Crippen molar-refractivity contribution >= 4 is 44.0 Å². The van der Waals surface area contributed by atoms with Crippen LogP contribution in [0, 0.1) is 0 Å². The normalized spacial score (nSPS) is 20.3. The fourth-order valence-corrected chi connectivity index (χ4v) is 11.4. The summed E-state index contributed by atoms with van der Waals surface area (Å²) < 4.78 is 9.06. The number of para-hydroxylation sites is 3. The first-order valence-corrected chi connectivity index (χ1v) is 22.0. The molecule has 63 heavy (non-hydrogen) atoms. The highest BCUT2D eigenvalue weighted by atomic mass is 16.5. The Morgan fingerprint density at radius 2 is 1.27 bits per heavy atom. The van der Waals surface area contributed by atoms with E-state index in [9.17, 15) is 0 Å². The molecule has 8 aromatic carbocycles. The minimum absolute atomic E-state index is 0.243. The SMILES string of the molecule is C=C1/C=C\C=C/COc2ccccc2C12c1ccccc1-c1cc3c4ccccc4n(-c4ccc(-c5ccc6c(c5)C5C=CC=CC5N6c5ccccc5)c5ccccc45)c3cc12. The predicted molar refractivity (Wildman–Crippen MR) is 262 cm³/mol. The van der Waals surface area contributed by atoms with E-state index in [1.807, 2.05) is 0 Å². The molecule has 3 heteroatoms. The Morgan fingerprint density at radius 1 is 0.524 bits per heavy atom. The summed E-state index contributed by atoms with van der Waals surface area (Å²) in [5, 5.41) is 4.89. The third-order valence-electron chi connectivity index (χ3n) is 14.0. The van der Waals surface area contributed by atoms with Gasteiger partial charge in [-0.15, -0.1) is 0 Å². The first kappa shape index (κ1) is 35.8. The van der Waals surface area contributed by atoms with Gasteiger partial charge in [-0.05, 0) is 111 Å². The zero-order valence-electron chi connectivity index (χ0n) is 34.7. The molecule has 0 saturated heterocycles. The van der Waals surface area contributed by atoms with Crippen LogP contribution in [0.3, 0.4) is 0 Å². The van der Waals surface area contributed by atoms with Gasteiger partial charge in [0, 0.05) is 39.0 Å². The van der Waals surface area contributed by atoms with E-state index >= 15 is 0 Å². The third kappa shape index (κ3) is 5.08. The van der Waals surface area contributed by atoms with Crippen molar-refractivity contribution < 1.29 is 4.74 Å². The number of ether oxygens (including phenoxy) is 1. The van der Waals surface area contributed by atoms with E-state index in [0.29, 0.717) is 6.61 Å². The van der Waals surface area contributed by atoms with Gasteiger partial charge in [-0.25, -0.2) is 0 Å². The lowest BCUT2D eigenvalue weighted by Gasteiger charge is -2.35. The molecular weight excluding hydrogens is 765 g/mol. The van der Waals surface area contributed by atoms with Crippen molar-refractivity contribution in [3.05, 3.63) is 253 Å². The summed E-state index contributed by atoms with van der Waals surface area (Å²) in [6, 6.07) is 63.0. The number of fused-ring (bicyclic) bond motifs is 14. The van der Waals surface area contributed by atoms with Crippen molar-refractivity contribution in [2.75, 3.05) is 11.5 Å². The first-order chi connectivity index (χ1) is 31.2. The van der Waals surface area contributed by atoms with Crippen LogP contribution in [0.25, 0.3) is 60.5 Å². The minimum atomic E-state index is -0.683. The lowest BCUT2D eigenvalue weighted by Crippen LogP contribution is -2.29. The molecule has 2 aliphatic heterocycles. The number of hydrogen-bond acceptors (Lipinski definition) is 2. The molecule has 1 spiro atoms. The second kappa shape index (κ2) is 13.8. The quantitative estimate of drug-likeness (QED) is 0.177. The summed E-state index contributed by atoms with van der Waals surface area (Å²) in [6.07, 6.45) is 17.5. The highest BCUT2D eigenvalue weighted by Crippen LogP contribution is 2.59. The van der Waals surface area contributed by atoms with Gasteiger partial charge in [0.15, 0.2) is 0 Å². The summed E-state index contributed by atoms with van der Waals surface area (Å²) in [6.45, 7) is 5.36. The van der Waals surface area contributed by atoms with Crippen LogP contribution in [-0.4, -0.2) is 17.2 Å². The number of nitrogens with zero attached hydrogens (tertiary/aromatic N) is 2. The number of hydrogen-bond donors (Lipinski definition) is 0. The Morgan fingerprint density at radius 3 is 2.17 bits per heavy atom. The van der Waals surface area contributed by atoms with Crippen LogP contribution in [-0.2, 0) is 5.41 Å². The largest absolute Gasteiger partial charge is 0.489 e. The second-order valence-electron chi connectivity index (χ2n) is 17.1. The number of allylic oxidation sites excluding steroid dienone is 6. The van der Waals surface area contributed by atoms with E-state index in [1.54, 1.807) is 0 Å². The van der Waals surface area contributed by atoms with Crippen molar-refractivity contribution in [1.29, 1.82) is 0 Å². The van der Waals surface area contributed by atoms with Gasteiger partial charge in [0.2, 0.25) is 0 Å². The van der Waals surface area contributed by atoms with Gasteiger partial charge in [0.25, 0.3) is 0 Å². The molecule has 4 aliphatic rings. The van der Waals surface area contributed by atoms with Crippen molar-refractivity contribution in [1.82, 2.24) is 4.57 Å². The Labute approximate surface area is 367 Å². The summed E-state index contributed by atoms with van der Waals surface area (Å²) in [7, 11) is 0. The number of anilines is 2. The standard InChI is InChI=1S/C60H42N2O/c1-39-18-4-3-17-35-63-59-30-16-13-27-52(59)60(39)51-26-12-9-22-44(51)48-37-50-47-25-11-15-29-55(47)62(58(50)38-53(48)60)56-34-32-42(43-21-7-8-23-45(43)56)40-31-33-57-49(36-40)46-24-10-14-28-54(46)61(57)41-19-5-2-6-20-41/h2-34,36-38,46,54H,1,35H2/b17-3-,18-4-. The second-order valence-corrected chi connectivity index (χ2v) is 17.1. The van der Waals surface area contributed by atoms with E-state index in [2.05, 4.69) is 228 Å².